The van der Waals surface area contributed by atoms with Crippen molar-refractivity contribution in [1.82, 2.24) is 4.98 Å². The maximum absolute atomic E-state index is 13.5. The highest BCUT2D eigenvalue weighted by Crippen LogP contribution is 2.32. The van der Waals surface area contributed by atoms with Crippen LogP contribution >= 0.6 is 15.9 Å². The van der Waals surface area contributed by atoms with E-state index in [1.165, 1.54) is 30.3 Å². The van der Waals surface area contributed by atoms with Crippen molar-refractivity contribution in [2.24, 2.45) is 0 Å². The molecule has 0 aliphatic heterocycles. The summed E-state index contributed by atoms with van der Waals surface area (Å²) in [4.78, 5) is 14.1. The molecule has 0 N–H and O–H groups in total. The quantitative estimate of drug-likeness (QED) is 0.631. The van der Waals surface area contributed by atoms with Crippen molar-refractivity contribution < 1.29 is 14.1 Å². The lowest BCUT2D eigenvalue weighted by molar-refractivity contribution is -0.386. The molecule has 1 aromatic heterocycles. The zero-order valence-electron chi connectivity index (χ0n) is 9.76. The van der Waals surface area contributed by atoms with Gasteiger partial charge in [-0.25, -0.2) is 9.37 Å². The van der Waals surface area contributed by atoms with Gasteiger partial charge in [0.2, 0.25) is 0 Å². The fourth-order valence-electron chi connectivity index (χ4n) is 1.40. The molecule has 0 unspecified atom stereocenters. The molecular weight excluding hydrogens is 319 g/mol. The van der Waals surface area contributed by atoms with Crippen LogP contribution < -0.4 is 4.74 Å². The molecule has 19 heavy (non-hydrogen) atoms. The molecule has 0 saturated carbocycles. The Kier molecular flexibility index (Phi) is 3.75. The van der Waals surface area contributed by atoms with E-state index in [0.29, 0.717) is 10.2 Å². The van der Waals surface area contributed by atoms with Crippen LogP contribution in [0.4, 0.5) is 10.1 Å². The standard InChI is InChI=1S/C12H8BrFN2O3/c1-7-2-5-10(16(17)18)12(15-7)19-11-6-8(13)3-4-9(11)14/h2-6H,1H3. The minimum Gasteiger partial charge on any atom is -0.430 e. The van der Waals surface area contributed by atoms with E-state index >= 15 is 0 Å². The SMILES string of the molecule is Cc1ccc([N+](=O)[O-])c(Oc2cc(Br)ccc2F)n1. The molecule has 1 aromatic carbocycles. The van der Waals surface area contributed by atoms with Gasteiger partial charge in [0.15, 0.2) is 11.6 Å². The molecule has 0 amide bonds. The number of aromatic nitrogens is 1. The lowest BCUT2D eigenvalue weighted by atomic mass is 10.3. The molecule has 0 saturated heterocycles. The van der Waals surface area contributed by atoms with E-state index in [2.05, 4.69) is 20.9 Å². The summed E-state index contributed by atoms with van der Waals surface area (Å²) in [5, 5.41) is 10.9. The fraction of sp³-hybridized carbons (Fsp3) is 0.0833. The minimum absolute atomic E-state index is 0.129. The van der Waals surface area contributed by atoms with Gasteiger partial charge in [0, 0.05) is 16.2 Å². The van der Waals surface area contributed by atoms with Crippen molar-refractivity contribution in [2.75, 3.05) is 0 Å². The average molecular weight is 327 g/mol. The van der Waals surface area contributed by atoms with Crippen LogP contribution in [0.5, 0.6) is 11.6 Å². The lowest BCUT2D eigenvalue weighted by Gasteiger charge is -2.07. The fourth-order valence-corrected chi connectivity index (χ4v) is 1.74. The van der Waals surface area contributed by atoms with Crippen LogP contribution in [0.3, 0.4) is 0 Å². The largest absolute Gasteiger partial charge is 0.430 e. The van der Waals surface area contributed by atoms with Crippen LogP contribution in [0.25, 0.3) is 0 Å². The topological polar surface area (TPSA) is 65.3 Å². The molecule has 0 aliphatic carbocycles. The van der Waals surface area contributed by atoms with Crippen molar-refractivity contribution in [3.8, 4) is 11.6 Å². The van der Waals surface area contributed by atoms with Crippen LogP contribution in [-0.4, -0.2) is 9.91 Å². The third-order valence-electron chi connectivity index (χ3n) is 2.28. The second-order valence-corrected chi connectivity index (χ2v) is 4.63. The van der Waals surface area contributed by atoms with E-state index in [-0.39, 0.29) is 17.3 Å². The monoisotopic (exact) mass is 326 g/mol. The lowest BCUT2D eigenvalue weighted by Crippen LogP contribution is -1.98. The minimum atomic E-state index is -0.627. The van der Waals surface area contributed by atoms with E-state index in [4.69, 9.17) is 4.74 Å². The number of nitro groups is 1. The van der Waals surface area contributed by atoms with Gasteiger partial charge in [0.1, 0.15) is 0 Å². The van der Waals surface area contributed by atoms with Crippen LogP contribution in [0, 0.1) is 22.9 Å². The third kappa shape index (κ3) is 3.05. The number of pyridine rings is 1. The highest BCUT2D eigenvalue weighted by molar-refractivity contribution is 9.10. The Labute approximate surface area is 116 Å². The summed E-state index contributed by atoms with van der Waals surface area (Å²) < 4.78 is 19.3. The normalized spacial score (nSPS) is 10.3. The summed E-state index contributed by atoms with van der Waals surface area (Å²) in [5.41, 5.74) is 0.223. The molecular formula is C12H8BrFN2O3. The predicted molar refractivity (Wildman–Crippen MR) is 69.8 cm³/mol. The maximum atomic E-state index is 13.5. The first-order valence-corrected chi connectivity index (χ1v) is 6.01. The van der Waals surface area contributed by atoms with Crippen molar-refractivity contribution in [1.29, 1.82) is 0 Å². The number of benzene rings is 1. The molecule has 0 aliphatic rings. The Hall–Kier alpha value is -2.02. The molecule has 1 heterocycles. The first kappa shape index (κ1) is 13.4. The molecule has 7 heteroatoms. The number of rotatable bonds is 3. The van der Waals surface area contributed by atoms with Gasteiger partial charge in [-0.2, -0.15) is 0 Å². The molecule has 2 aromatic rings. The van der Waals surface area contributed by atoms with E-state index in [9.17, 15) is 14.5 Å². The number of nitrogens with zero attached hydrogens (tertiary/aromatic N) is 2. The van der Waals surface area contributed by atoms with Crippen molar-refractivity contribution in [3.63, 3.8) is 0 Å². The van der Waals surface area contributed by atoms with Crippen LogP contribution in [0.2, 0.25) is 0 Å². The summed E-state index contributed by atoms with van der Waals surface area (Å²) in [5.74, 6) is -0.988. The molecule has 0 atom stereocenters. The molecule has 2 rings (SSSR count). The maximum Gasteiger partial charge on any atom is 0.331 e. The zero-order valence-corrected chi connectivity index (χ0v) is 11.3. The van der Waals surface area contributed by atoms with Gasteiger partial charge >= 0.3 is 5.69 Å². The first-order chi connectivity index (χ1) is 8.97. The summed E-state index contributed by atoms with van der Waals surface area (Å²) >= 11 is 3.17. The van der Waals surface area contributed by atoms with Gasteiger partial charge in [-0.05, 0) is 31.2 Å². The van der Waals surface area contributed by atoms with Crippen molar-refractivity contribution >= 4 is 21.6 Å². The van der Waals surface area contributed by atoms with Crippen molar-refractivity contribution in [3.05, 3.63) is 56.4 Å². The van der Waals surface area contributed by atoms with Gasteiger partial charge in [-0.15, -0.1) is 0 Å². The number of hydrogen-bond acceptors (Lipinski definition) is 4. The Bertz CT molecular complexity index is 649. The van der Waals surface area contributed by atoms with E-state index < -0.39 is 10.7 Å². The van der Waals surface area contributed by atoms with Gasteiger partial charge in [-0.1, -0.05) is 15.9 Å². The van der Waals surface area contributed by atoms with E-state index in [1.807, 2.05) is 0 Å². The first-order valence-electron chi connectivity index (χ1n) is 5.22. The summed E-state index contributed by atoms with van der Waals surface area (Å²) in [7, 11) is 0. The van der Waals surface area contributed by atoms with Crippen molar-refractivity contribution in [2.45, 2.75) is 6.92 Å². The van der Waals surface area contributed by atoms with Gasteiger partial charge < -0.3 is 4.74 Å². The highest BCUT2D eigenvalue weighted by atomic mass is 79.9. The van der Waals surface area contributed by atoms with Gasteiger partial charge in [-0.3, -0.25) is 10.1 Å². The summed E-state index contributed by atoms with van der Waals surface area (Å²) in [6.45, 7) is 1.66. The van der Waals surface area contributed by atoms with E-state index in [0.717, 1.165) is 0 Å². The highest BCUT2D eigenvalue weighted by Gasteiger charge is 2.19. The predicted octanol–water partition coefficient (Wildman–Crippen LogP) is 3.99. The molecule has 98 valence electrons. The Morgan fingerprint density at radius 2 is 2.11 bits per heavy atom. The Morgan fingerprint density at radius 3 is 2.79 bits per heavy atom. The Morgan fingerprint density at radius 1 is 1.37 bits per heavy atom. The van der Waals surface area contributed by atoms with Crippen LogP contribution in [0.1, 0.15) is 5.69 Å². The second kappa shape index (κ2) is 5.31. The Balaban J connectivity index is 2.45. The number of ether oxygens (including phenoxy) is 1. The smallest absolute Gasteiger partial charge is 0.331 e. The molecule has 5 nitrogen and oxygen atoms in total. The third-order valence-corrected chi connectivity index (χ3v) is 2.77. The molecule has 0 spiro atoms. The molecule has 0 fully saturated rings. The summed E-state index contributed by atoms with van der Waals surface area (Å²) in [6.07, 6.45) is 0. The van der Waals surface area contributed by atoms with Crippen LogP contribution in [-0.2, 0) is 0 Å². The second-order valence-electron chi connectivity index (χ2n) is 3.71. The van der Waals surface area contributed by atoms with Crippen LogP contribution in [0.15, 0.2) is 34.8 Å². The number of aryl methyl sites for hydroxylation is 1. The summed E-state index contributed by atoms with van der Waals surface area (Å²) in [6, 6.07) is 6.83. The van der Waals surface area contributed by atoms with Gasteiger partial charge in [0.25, 0.3) is 5.88 Å². The number of halogens is 2. The van der Waals surface area contributed by atoms with E-state index in [1.54, 1.807) is 6.92 Å². The number of hydrogen-bond donors (Lipinski definition) is 0. The average Bonchev–Trinajstić information content (AvgIpc) is 2.33. The molecule has 0 radical (unpaired) electrons. The zero-order chi connectivity index (χ0) is 14.0. The molecule has 0 bridgehead atoms. The van der Waals surface area contributed by atoms with Gasteiger partial charge in [0.05, 0.1) is 4.92 Å².